The Balaban J connectivity index is 2.03. The maximum absolute atomic E-state index is 12.2. The van der Waals surface area contributed by atoms with Gasteiger partial charge in [-0.1, -0.05) is 37.3 Å². The Labute approximate surface area is 180 Å². The highest BCUT2D eigenvalue weighted by atomic mass is 16.5. The quantitative estimate of drug-likeness (QED) is 0.466. The highest BCUT2D eigenvalue weighted by Crippen LogP contribution is 2.39. The number of carboxylic acid groups (broad SMARTS) is 1. The van der Waals surface area contributed by atoms with Gasteiger partial charge >= 0.3 is 5.97 Å². The average Bonchev–Trinajstić information content (AvgIpc) is 2.77. The van der Waals surface area contributed by atoms with Crippen LogP contribution in [0.1, 0.15) is 50.2 Å². The second kappa shape index (κ2) is 11.5. The number of carbonyl (C=O) groups is 1. The Kier molecular flexibility index (Phi) is 9.03. The number of methoxy groups -OCH3 is 3. The molecule has 0 aliphatic rings. The van der Waals surface area contributed by atoms with E-state index >= 15 is 0 Å². The molecule has 1 unspecified atom stereocenters. The Hall–Kier alpha value is -2.69. The van der Waals surface area contributed by atoms with Crippen molar-refractivity contribution in [3.8, 4) is 17.2 Å². The van der Waals surface area contributed by atoms with Crippen LogP contribution in [0.25, 0.3) is 0 Å². The van der Waals surface area contributed by atoms with Gasteiger partial charge in [-0.3, -0.25) is 4.79 Å². The van der Waals surface area contributed by atoms with Gasteiger partial charge in [-0.2, -0.15) is 0 Å². The van der Waals surface area contributed by atoms with E-state index in [1.54, 1.807) is 21.3 Å². The molecule has 0 saturated carbocycles. The topological polar surface area (TPSA) is 65.0 Å². The molecule has 0 fully saturated rings. The summed E-state index contributed by atoms with van der Waals surface area (Å²) in [5, 5.41) is 9.99. The van der Waals surface area contributed by atoms with Crippen molar-refractivity contribution in [1.82, 2.24) is 0 Å². The van der Waals surface area contributed by atoms with E-state index in [9.17, 15) is 9.90 Å². The molecule has 30 heavy (non-hydrogen) atoms. The molecule has 0 spiro atoms. The summed E-state index contributed by atoms with van der Waals surface area (Å²) in [6.45, 7) is 1.98. The molecule has 0 aromatic heterocycles. The second-order valence-corrected chi connectivity index (χ2v) is 7.67. The molecular weight excluding hydrogens is 380 g/mol. The SMILES string of the molecule is CCC(CCCc1ccccc1)(CCCc1cc(OC)c(OC)c(OC)c1)C(=O)O. The van der Waals surface area contributed by atoms with Crippen LogP contribution in [-0.4, -0.2) is 32.4 Å². The monoisotopic (exact) mass is 414 g/mol. The van der Waals surface area contributed by atoms with Crippen LogP contribution in [-0.2, 0) is 17.6 Å². The normalized spacial score (nSPS) is 12.8. The van der Waals surface area contributed by atoms with Crippen molar-refractivity contribution in [3.05, 3.63) is 53.6 Å². The number of aryl methyl sites for hydroxylation is 2. The zero-order chi connectivity index (χ0) is 22.0. The van der Waals surface area contributed by atoms with Crippen LogP contribution in [0.4, 0.5) is 0 Å². The fourth-order valence-electron chi connectivity index (χ4n) is 4.03. The van der Waals surface area contributed by atoms with Crippen LogP contribution in [0, 0.1) is 5.41 Å². The van der Waals surface area contributed by atoms with E-state index in [0.717, 1.165) is 31.2 Å². The lowest BCUT2D eigenvalue weighted by atomic mass is 9.75. The van der Waals surface area contributed by atoms with Crippen LogP contribution < -0.4 is 14.2 Å². The highest BCUT2D eigenvalue weighted by molar-refractivity contribution is 5.74. The molecular formula is C25H34O5. The Morgan fingerprint density at radius 2 is 1.40 bits per heavy atom. The van der Waals surface area contributed by atoms with Crippen molar-refractivity contribution in [2.24, 2.45) is 5.41 Å². The van der Waals surface area contributed by atoms with Crippen molar-refractivity contribution in [2.75, 3.05) is 21.3 Å². The smallest absolute Gasteiger partial charge is 0.309 e. The van der Waals surface area contributed by atoms with E-state index in [1.165, 1.54) is 5.56 Å². The fourth-order valence-corrected chi connectivity index (χ4v) is 4.03. The molecule has 5 nitrogen and oxygen atoms in total. The van der Waals surface area contributed by atoms with Gasteiger partial charge in [-0.15, -0.1) is 0 Å². The fraction of sp³-hybridized carbons (Fsp3) is 0.480. The summed E-state index contributed by atoms with van der Waals surface area (Å²) in [6.07, 6.45) is 5.27. The third kappa shape index (κ3) is 5.91. The summed E-state index contributed by atoms with van der Waals surface area (Å²) in [6, 6.07) is 14.1. The van der Waals surface area contributed by atoms with Crippen molar-refractivity contribution >= 4 is 5.97 Å². The molecule has 2 aromatic rings. The molecule has 0 saturated heterocycles. The summed E-state index contributed by atoms with van der Waals surface area (Å²) in [5.41, 5.74) is 1.62. The molecule has 5 heteroatoms. The summed E-state index contributed by atoms with van der Waals surface area (Å²) >= 11 is 0. The number of hydrogen-bond donors (Lipinski definition) is 1. The third-order valence-electron chi connectivity index (χ3n) is 5.94. The maximum Gasteiger partial charge on any atom is 0.309 e. The number of ether oxygens (including phenoxy) is 3. The summed E-state index contributed by atoms with van der Waals surface area (Å²) in [7, 11) is 4.78. The molecule has 0 amide bonds. The molecule has 0 heterocycles. The summed E-state index contributed by atoms with van der Waals surface area (Å²) < 4.78 is 16.2. The lowest BCUT2D eigenvalue weighted by Gasteiger charge is -2.28. The molecule has 164 valence electrons. The number of carboxylic acids is 1. The largest absolute Gasteiger partial charge is 0.493 e. The Morgan fingerprint density at radius 3 is 1.83 bits per heavy atom. The first-order valence-electron chi connectivity index (χ1n) is 10.6. The molecule has 1 N–H and O–H groups in total. The average molecular weight is 415 g/mol. The van der Waals surface area contributed by atoms with Gasteiger partial charge in [0.2, 0.25) is 5.75 Å². The molecule has 0 radical (unpaired) electrons. The number of hydrogen-bond acceptors (Lipinski definition) is 4. The van der Waals surface area contributed by atoms with E-state index < -0.39 is 11.4 Å². The minimum absolute atomic E-state index is 0.568. The van der Waals surface area contributed by atoms with E-state index in [2.05, 4.69) is 12.1 Å². The summed E-state index contributed by atoms with van der Waals surface area (Å²) in [5.74, 6) is 1.12. The molecule has 0 aliphatic carbocycles. The van der Waals surface area contributed by atoms with Crippen molar-refractivity contribution in [3.63, 3.8) is 0 Å². The van der Waals surface area contributed by atoms with E-state index in [0.29, 0.717) is 36.5 Å². The van der Waals surface area contributed by atoms with Gasteiger partial charge < -0.3 is 19.3 Å². The number of benzene rings is 2. The van der Waals surface area contributed by atoms with Crippen LogP contribution in [0.15, 0.2) is 42.5 Å². The van der Waals surface area contributed by atoms with Gasteiger partial charge in [0.25, 0.3) is 0 Å². The predicted octanol–water partition coefficient (Wildman–Crippen LogP) is 5.54. The van der Waals surface area contributed by atoms with Crippen LogP contribution in [0.2, 0.25) is 0 Å². The predicted molar refractivity (Wildman–Crippen MR) is 119 cm³/mol. The van der Waals surface area contributed by atoms with Gasteiger partial charge in [-0.05, 0) is 68.2 Å². The van der Waals surface area contributed by atoms with E-state index in [1.807, 2.05) is 37.3 Å². The molecule has 1 atom stereocenters. The summed E-state index contributed by atoms with van der Waals surface area (Å²) in [4.78, 5) is 12.2. The van der Waals surface area contributed by atoms with Crippen molar-refractivity contribution in [2.45, 2.75) is 51.9 Å². The Bertz CT molecular complexity index is 777. The van der Waals surface area contributed by atoms with Gasteiger partial charge in [0, 0.05) is 0 Å². The standard InChI is InChI=1S/C25H34O5/c1-5-25(24(26)27,15-9-13-19-11-7-6-8-12-19)16-10-14-20-17-21(28-2)23(30-4)22(18-20)29-3/h6-8,11-12,17-18H,5,9-10,13-16H2,1-4H3,(H,26,27). The third-order valence-corrected chi connectivity index (χ3v) is 5.94. The van der Waals surface area contributed by atoms with Crippen LogP contribution in [0.5, 0.6) is 17.2 Å². The minimum Gasteiger partial charge on any atom is -0.493 e. The number of aliphatic carboxylic acids is 1. The zero-order valence-corrected chi connectivity index (χ0v) is 18.6. The lowest BCUT2D eigenvalue weighted by Crippen LogP contribution is -2.30. The van der Waals surface area contributed by atoms with Gasteiger partial charge in [-0.25, -0.2) is 0 Å². The maximum atomic E-state index is 12.2. The number of rotatable bonds is 13. The van der Waals surface area contributed by atoms with Gasteiger partial charge in [0.1, 0.15) is 0 Å². The minimum atomic E-state index is -0.692. The lowest BCUT2D eigenvalue weighted by molar-refractivity contribution is -0.150. The van der Waals surface area contributed by atoms with Gasteiger partial charge in [0.15, 0.2) is 11.5 Å². The molecule has 0 bridgehead atoms. The first kappa shape index (κ1) is 23.6. The molecule has 0 aliphatic heterocycles. The van der Waals surface area contributed by atoms with Crippen molar-refractivity contribution in [1.29, 1.82) is 0 Å². The van der Waals surface area contributed by atoms with E-state index in [4.69, 9.17) is 14.2 Å². The van der Waals surface area contributed by atoms with Crippen LogP contribution in [0.3, 0.4) is 0 Å². The first-order chi connectivity index (χ1) is 14.5. The molecule has 2 aromatic carbocycles. The second-order valence-electron chi connectivity index (χ2n) is 7.67. The zero-order valence-electron chi connectivity index (χ0n) is 18.6. The molecule has 2 rings (SSSR count). The highest BCUT2D eigenvalue weighted by Gasteiger charge is 2.35. The van der Waals surface area contributed by atoms with Crippen molar-refractivity contribution < 1.29 is 24.1 Å². The van der Waals surface area contributed by atoms with E-state index in [-0.39, 0.29) is 0 Å². The van der Waals surface area contributed by atoms with Gasteiger partial charge in [0.05, 0.1) is 26.7 Å². The Morgan fingerprint density at radius 1 is 0.867 bits per heavy atom. The first-order valence-corrected chi connectivity index (χ1v) is 10.6. The van der Waals surface area contributed by atoms with Crippen LogP contribution >= 0.6 is 0 Å².